The number of nitrogens with zero attached hydrogens (tertiary/aromatic N) is 9. The molecule has 2 atom stereocenters. The Balaban J connectivity index is 0.000000330. The summed E-state index contributed by atoms with van der Waals surface area (Å²) in [5, 5.41) is 58.7. The molecule has 19 heteroatoms. The number of thiocarbonyl (C=S) groups is 2. The van der Waals surface area contributed by atoms with Crippen LogP contribution in [-0.4, -0.2) is 131 Å². The minimum absolute atomic E-state index is 0. The molecule has 59 heavy (non-hydrogen) atoms. The zero-order valence-corrected chi connectivity index (χ0v) is 36.6. The van der Waals surface area contributed by atoms with Crippen molar-refractivity contribution in [3.05, 3.63) is 82.4 Å². The van der Waals surface area contributed by atoms with Crippen molar-refractivity contribution in [2.45, 2.75) is 63.4 Å². The smallest absolute Gasteiger partial charge is 0.753 e. The van der Waals surface area contributed by atoms with Gasteiger partial charge in [-0.25, -0.2) is 15.0 Å². The van der Waals surface area contributed by atoms with Gasteiger partial charge >= 0.3 is 17.1 Å². The van der Waals surface area contributed by atoms with Crippen molar-refractivity contribution < 1.29 is 27.3 Å². The molecule has 8 heterocycles. The number of aliphatic hydroxyl groups is 2. The third-order valence-corrected chi connectivity index (χ3v) is 10.4. The summed E-state index contributed by atoms with van der Waals surface area (Å²) in [6, 6.07) is 7.61. The molecule has 5 aliphatic heterocycles. The van der Waals surface area contributed by atoms with Crippen molar-refractivity contribution in [2.24, 2.45) is 17.8 Å². The molecule has 4 saturated heterocycles. The molecule has 0 aliphatic carbocycles. The van der Waals surface area contributed by atoms with Crippen LogP contribution in [0.1, 0.15) is 50.8 Å². The first-order valence-corrected chi connectivity index (χ1v) is 20.6. The zero-order chi connectivity index (χ0) is 41.8. The first-order chi connectivity index (χ1) is 28.6. The minimum atomic E-state index is 0. The molecule has 0 aromatic carbocycles. The van der Waals surface area contributed by atoms with E-state index < -0.39 is 0 Å². The average molecular weight is 887 g/mol. The summed E-state index contributed by atoms with van der Waals surface area (Å²) in [6.45, 7) is 8.31. The summed E-state index contributed by atoms with van der Waals surface area (Å²) in [5.74, 6) is 4.27. The van der Waals surface area contributed by atoms with Gasteiger partial charge in [0.15, 0.2) is 17.5 Å². The molecule has 0 spiro atoms. The van der Waals surface area contributed by atoms with Crippen molar-refractivity contribution in [3.63, 3.8) is 0 Å². The van der Waals surface area contributed by atoms with Crippen LogP contribution < -0.4 is 26.6 Å². The Labute approximate surface area is 370 Å². The van der Waals surface area contributed by atoms with E-state index in [2.05, 4.69) is 92.6 Å². The van der Waals surface area contributed by atoms with Gasteiger partial charge in [0.2, 0.25) is 0 Å². The number of rotatable bonds is 6. The first-order valence-electron chi connectivity index (χ1n) is 19.8. The molecule has 8 rings (SSSR count). The standard InChI is InChI=1S/C18H35N6.C18H15N6.2CNS.2CH4O.Fe/c2*1-7-19-8-2-13(1)16-22-17(14-3-9-20-10-4-14)24-18(23-16)15-5-11-21-12-6-15;2*2-1-3;2*1-2;/h13-20,22-24H,1-12H2;1-5,7-10H,6,11-12H2;;;2*2H,1H3;/q4*-1;;;+4. The Morgan fingerprint density at radius 2 is 0.966 bits per heavy atom. The molecule has 16 nitrogen and oxygen atoms in total. The fourth-order valence-corrected chi connectivity index (χ4v) is 7.55. The predicted molar refractivity (Wildman–Crippen MR) is 238 cm³/mol. The van der Waals surface area contributed by atoms with Crippen LogP contribution in [0.5, 0.6) is 0 Å². The van der Waals surface area contributed by atoms with Crippen molar-refractivity contribution in [1.82, 2.24) is 51.5 Å². The van der Waals surface area contributed by atoms with Crippen LogP contribution in [0.4, 0.5) is 0 Å². The third-order valence-electron chi connectivity index (χ3n) is 10.4. The normalized spacial score (nSPS) is 21.8. The van der Waals surface area contributed by atoms with Crippen molar-refractivity contribution >= 4 is 40.3 Å². The van der Waals surface area contributed by atoms with Gasteiger partial charge in [-0.15, -0.1) is 26.2 Å². The molecule has 4 fully saturated rings. The molecular weight excluding hydrogens is 829 g/mol. The Kier molecular flexibility index (Phi) is 27.9. The number of aromatic nitrogens is 5. The summed E-state index contributed by atoms with van der Waals surface area (Å²) in [7, 11) is 2.00. The van der Waals surface area contributed by atoms with Gasteiger partial charge < -0.3 is 42.3 Å². The molecule has 320 valence electrons. The molecule has 0 radical (unpaired) electrons. The van der Waals surface area contributed by atoms with Gasteiger partial charge in [-0.2, -0.15) is 10.3 Å². The number of hydrogen-bond donors (Lipinski definition) is 7. The van der Waals surface area contributed by atoms with E-state index in [9.17, 15) is 0 Å². The molecule has 0 amide bonds. The topological polar surface area (TPSA) is 238 Å². The largest absolute Gasteiger partial charge is 4.00 e. The van der Waals surface area contributed by atoms with Crippen LogP contribution >= 0.6 is 24.4 Å². The molecular formula is C40H58FeN14O2S2. The summed E-state index contributed by atoms with van der Waals surface area (Å²) in [5.41, 5.74) is 2.97. The fourth-order valence-electron chi connectivity index (χ4n) is 7.55. The van der Waals surface area contributed by atoms with E-state index in [0.29, 0.717) is 30.1 Å². The summed E-state index contributed by atoms with van der Waals surface area (Å²) in [6.07, 6.45) is 18.9. The van der Waals surface area contributed by atoms with Crippen LogP contribution in [0.2, 0.25) is 0 Å². The van der Waals surface area contributed by atoms with Crippen LogP contribution in [0.3, 0.4) is 0 Å². The third kappa shape index (κ3) is 17.7. The Morgan fingerprint density at radius 3 is 1.34 bits per heavy atom. The number of aliphatic hydroxyl groups excluding tert-OH is 2. The van der Waals surface area contributed by atoms with E-state index in [1.54, 1.807) is 24.8 Å². The van der Waals surface area contributed by atoms with E-state index in [1.165, 1.54) is 75.0 Å². The van der Waals surface area contributed by atoms with E-state index >= 15 is 0 Å². The number of nitrogens with one attached hydrogen (secondary N) is 5. The summed E-state index contributed by atoms with van der Waals surface area (Å²) >= 11 is 7.40. The molecule has 2 unspecified atom stereocenters. The van der Waals surface area contributed by atoms with Gasteiger partial charge in [-0.1, -0.05) is 43.4 Å². The molecule has 3 aromatic rings. The number of isothiocyanates is 2. The van der Waals surface area contributed by atoms with Gasteiger partial charge in [0.1, 0.15) is 0 Å². The van der Waals surface area contributed by atoms with Crippen LogP contribution in [0.15, 0.2) is 55.1 Å². The van der Waals surface area contributed by atoms with Crippen molar-refractivity contribution in [1.29, 1.82) is 0 Å². The zero-order valence-electron chi connectivity index (χ0n) is 33.9. The van der Waals surface area contributed by atoms with Gasteiger partial charge in [0.25, 0.3) is 0 Å². The van der Waals surface area contributed by atoms with Crippen LogP contribution in [0, 0.1) is 17.8 Å². The maximum Gasteiger partial charge on any atom is 4.00 e. The second-order valence-corrected chi connectivity index (χ2v) is 14.1. The molecule has 5 aliphatic rings. The number of pyridine rings is 2. The van der Waals surface area contributed by atoms with Gasteiger partial charge in [0.05, 0.1) is 18.5 Å². The predicted octanol–water partition coefficient (Wildman–Crippen LogP) is 4.22. The van der Waals surface area contributed by atoms with Gasteiger partial charge in [0, 0.05) is 50.1 Å². The number of hydrogen-bond acceptors (Lipinski definition) is 14. The van der Waals surface area contributed by atoms with E-state index in [4.69, 9.17) is 21.0 Å². The van der Waals surface area contributed by atoms with Gasteiger partial charge in [-0.05, 0) is 106 Å². The molecule has 3 aromatic heterocycles. The Bertz CT molecular complexity index is 1520. The molecule has 0 saturated carbocycles. The average Bonchev–Trinajstić information content (AvgIpc) is 3.32. The van der Waals surface area contributed by atoms with Crippen molar-refractivity contribution in [2.75, 3.05) is 66.6 Å². The van der Waals surface area contributed by atoms with Crippen LogP contribution in [-0.2, 0) is 17.1 Å². The Morgan fingerprint density at radius 1 is 0.593 bits per heavy atom. The maximum absolute atomic E-state index is 7.13. The minimum Gasteiger partial charge on any atom is -0.753 e. The van der Waals surface area contributed by atoms with Crippen LogP contribution in [0.25, 0.3) is 49.8 Å². The van der Waals surface area contributed by atoms with Gasteiger partial charge in [-0.3, -0.25) is 25.9 Å². The quantitative estimate of drug-likeness (QED) is 0.104. The summed E-state index contributed by atoms with van der Waals surface area (Å²) < 4.78 is 0. The fraction of sp³-hybridized carbons (Fsp3) is 0.575. The van der Waals surface area contributed by atoms with Crippen molar-refractivity contribution in [3.8, 4) is 22.8 Å². The maximum atomic E-state index is 7.13. The molecule has 0 bridgehead atoms. The Hall–Kier alpha value is -3.19. The molecule has 7 N–H and O–H groups in total. The van der Waals surface area contributed by atoms with E-state index in [0.717, 1.165) is 87.1 Å². The monoisotopic (exact) mass is 886 g/mol. The second-order valence-electron chi connectivity index (χ2n) is 13.7. The SMILES string of the molecule is C1=C(c2nc(-c3ccncc3)nc(-c3ccncc3)n2)CC[N-]C1.C1CC(C2NC(C3CCNCC3)NC(C3CCNCC3)N2)CC[N-]1.CO.CO.[Fe+4].[N-]=C=S.[N-]=C=S. The second kappa shape index (κ2) is 31.7. The number of piperidine rings is 3. The summed E-state index contributed by atoms with van der Waals surface area (Å²) in [4.78, 5) is 22.1. The van der Waals surface area contributed by atoms with E-state index in [1.807, 2.05) is 24.3 Å². The van der Waals surface area contributed by atoms with E-state index in [-0.39, 0.29) is 17.1 Å². The first kappa shape index (κ1) is 51.9.